The summed E-state index contributed by atoms with van der Waals surface area (Å²) in [5, 5.41) is 8.40. The van der Waals surface area contributed by atoms with Crippen molar-refractivity contribution in [3.63, 3.8) is 0 Å². The van der Waals surface area contributed by atoms with Gasteiger partial charge in [-0.1, -0.05) is 18.7 Å². The zero-order chi connectivity index (χ0) is 15.9. The Morgan fingerprint density at radius 3 is 2.77 bits per heavy atom. The minimum absolute atomic E-state index is 0.0275. The molecule has 0 fully saturated rings. The van der Waals surface area contributed by atoms with E-state index in [1.54, 1.807) is 11.3 Å². The van der Waals surface area contributed by atoms with Crippen LogP contribution in [-0.4, -0.2) is 25.1 Å². The van der Waals surface area contributed by atoms with E-state index in [0.717, 1.165) is 27.5 Å². The number of thioether (sulfide) groups is 1. The quantitative estimate of drug-likeness (QED) is 0.715. The van der Waals surface area contributed by atoms with Gasteiger partial charge in [-0.05, 0) is 26.3 Å². The van der Waals surface area contributed by atoms with Crippen LogP contribution in [0, 0.1) is 13.8 Å². The first-order valence-corrected chi connectivity index (χ1v) is 8.77. The molecule has 22 heavy (non-hydrogen) atoms. The number of hydrogen-bond acceptors (Lipinski definition) is 6. The maximum absolute atomic E-state index is 12.3. The number of aromatic amines is 2. The number of rotatable bonds is 4. The molecule has 0 radical (unpaired) electrons. The number of hydrogen-bond donors (Lipinski definition) is 2. The van der Waals surface area contributed by atoms with Gasteiger partial charge in [0, 0.05) is 11.3 Å². The molecule has 0 bridgehead atoms. The molecule has 0 unspecified atom stereocenters. The minimum Gasteiger partial charge on any atom is -0.309 e. The summed E-state index contributed by atoms with van der Waals surface area (Å²) in [6.45, 7) is 7.98. The highest BCUT2D eigenvalue weighted by Crippen LogP contribution is 2.32. The van der Waals surface area contributed by atoms with Crippen molar-refractivity contribution in [2.24, 2.45) is 0 Å². The molecule has 3 aromatic rings. The fraction of sp³-hybridized carbons (Fsp3) is 0.429. The number of aryl methyl sites for hydroxylation is 3. The van der Waals surface area contributed by atoms with Gasteiger partial charge in [-0.3, -0.25) is 9.89 Å². The monoisotopic (exact) mass is 335 g/mol. The predicted molar refractivity (Wildman–Crippen MR) is 89.7 cm³/mol. The van der Waals surface area contributed by atoms with Crippen LogP contribution < -0.4 is 5.56 Å². The summed E-state index contributed by atoms with van der Waals surface area (Å²) in [6, 6.07) is 0. The lowest BCUT2D eigenvalue weighted by molar-refractivity contribution is 0.906. The largest absolute Gasteiger partial charge is 0.309 e. The second kappa shape index (κ2) is 5.85. The van der Waals surface area contributed by atoms with E-state index in [0.29, 0.717) is 16.4 Å². The lowest BCUT2D eigenvalue weighted by Gasteiger charge is -2.07. The Balaban J connectivity index is 1.93. The Hall–Kier alpha value is -1.67. The molecule has 0 aliphatic carbocycles. The van der Waals surface area contributed by atoms with E-state index < -0.39 is 0 Å². The van der Waals surface area contributed by atoms with Crippen molar-refractivity contribution in [2.75, 3.05) is 0 Å². The van der Waals surface area contributed by atoms with Gasteiger partial charge in [0.1, 0.15) is 16.5 Å². The number of nitrogens with zero attached hydrogens (tertiary/aromatic N) is 3. The Kier molecular flexibility index (Phi) is 4.05. The molecule has 1 atom stereocenters. The van der Waals surface area contributed by atoms with Gasteiger partial charge < -0.3 is 4.98 Å². The van der Waals surface area contributed by atoms with Crippen molar-refractivity contribution in [1.29, 1.82) is 0 Å². The Morgan fingerprint density at radius 2 is 2.09 bits per heavy atom. The van der Waals surface area contributed by atoms with Gasteiger partial charge in [0.15, 0.2) is 0 Å². The molecule has 3 rings (SSSR count). The lowest BCUT2D eigenvalue weighted by Crippen LogP contribution is -2.12. The van der Waals surface area contributed by atoms with Crippen molar-refractivity contribution < 1.29 is 0 Å². The Labute approximate surface area is 135 Å². The molecular weight excluding hydrogens is 318 g/mol. The lowest BCUT2D eigenvalue weighted by atomic mass is 10.2. The van der Waals surface area contributed by atoms with Crippen LogP contribution in [0.4, 0.5) is 0 Å². The number of H-pyrrole nitrogens is 2. The molecule has 0 aliphatic rings. The summed E-state index contributed by atoms with van der Waals surface area (Å²) in [4.78, 5) is 26.1. The van der Waals surface area contributed by atoms with Crippen molar-refractivity contribution in [3.8, 4) is 0 Å². The van der Waals surface area contributed by atoms with Gasteiger partial charge in [-0.15, -0.1) is 16.4 Å². The third-order valence-electron chi connectivity index (χ3n) is 3.57. The standard InChI is InChI=1S/C14H17N5OS2/c1-5-9-15-14(19-18-9)22-8(4)11-16-12(20)10-6(2)7(3)21-13(10)17-11/h8H,5H2,1-4H3,(H,15,18,19)(H,16,17,20)/t8-/m0/s1. The van der Waals surface area contributed by atoms with E-state index in [4.69, 9.17) is 0 Å². The first kappa shape index (κ1) is 15.2. The van der Waals surface area contributed by atoms with Crippen LogP contribution in [0.1, 0.15) is 41.2 Å². The van der Waals surface area contributed by atoms with Crippen molar-refractivity contribution in [1.82, 2.24) is 25.1 Å². The maximum Gasteiger partial charge on any atom is 0.259 e. The van der Waals surface area contributed by atoms with Crippen LogP contribution in [0.15, 0.2) is 9.95 Å². The number of nitrogens with one attached hydrogen (secondary N) is 2. The van der Waals surface area contributed by atoms with Gasteiger partial charge in [0.2, 0.25) is 5.16 Å². The average Bonchev–Trinajstić information content (AvgIpc) is 3.04. The highest BCUT2D eigenvalue weighted by atomic mass is 32.2. The molecule has 0 aliphatic heterocycles. The van der Waals surface area contributed by atoms with Crippen LogP contribution in [0.2, 0.25) is 0 Å². The van der Waals surface area contributed by atoms with Crippen molar-refractivity contribution >= 4 is 33.3 Å². The Bertz CT molecular complexity index is 879. The van der Waals surface area contributed by atoms with Crippen LogP contribution in [0.5, 0.6) is 0 Å². The van der Waals surface area contributed by atoms with Gasteiger partial charge in [-0.25, -0.2) is 9.97 Å². The predicted octanol–water partition coefficient (Wildman–Crippen LogP) is 3.14. The zero-order valence-electron chi connectivity index (χ0n) is 12.9. The van der Waals surface area contributed by atoms with E-state index in [1.165, 1.54) is 11.8 Å². The van der Waals surface area contributed by atoms with Crippen molar-refractivity contribution in [2.45, 2.75) is 44.5 Å². The summed E-state index contributed by atoms with van der Waals surface area (Å²) in [5.74, 6) is 1.52. The molecule has 3 heterocycles. The zero-order valence-corrected chi connectivity index (χ0v) is 14.5. The maximum atomic E-state index is 12.3. The van der Waals surface area contributed by atoms with E-state index in [9.17, 15) is 4.79 Å². The third kappa shape index (κ3) is 2.68. The number of thiophene rings is 1. The van der Waals surface area contributed by atoms with Crippen LogP contribution in [-0.2, 0) is 6.42 Å². The van der Waals surface area contributed by atoms with Crippen LogP contribution >= 0.6 is 23.1 Å². The van der Waals surface area contributed by atoms with E-state index >= 15 is 0 Å². The third-order valence-corrected chi connectivity index (χ3v) is 5.64. The first-order chi connectivity index (χ1) is 10.5. The molecule has 0 amide bonds. The second-order valence-electron chi connectivity index (χ2n) is 5.09. The van der Waals surface area contributed by atoms with Crippen LogP contribution in [0.25, 0.3) is 10.2 Å². The fourth-order valence-corrected chi connectivity index (χ4v) is 4.00. The molecule has 6 nitrogen and oxygen atoms in total. The van der Waals surface area contributed by atoms with E-state index in [-0.39, 0.29) is 10.8 Å². The first-order valence-electron chi connectivity index (χ1n) is 7.07. The van der Waals surface area contributed by atoms with Gasteiger partial charge >= 0.3 is 0 Å². The highest BCUT2D eigenvalue weighted by molar-refractivity contribution is 7.99. The molecule has 0 spiro atoms. The van der Waals surface area contributed by atoms with Gasteiger partial charge in [0.05, 0.1) is 10.6 Å². The molecule has 8 heteroatoms. The molecule has 0 saturated heterocycles. The Morgan fingerprint density at radius 1 is 1.32 bits per heavy atom. The second-order valence-corrected chi connectivity index (χ2v) is 7.60. The molecule has 0 saturated carbocycles. The van der Waals surface area contributed by atoms with Crippen LogP contribution in [0.3, 0.4) is 0 Å². The van der Waals surface area contributed by atoms with E-state index in [1.807, 2.05) is 27.7 Å². The SMILES string of the molecule is CCc1nc(S[C@@H](C)c2nc3sc(C)c(C)c3c(=O)[nH]2)n[nH]1. The topological polar surface area (TPSA) is 87.3 Å². The normalized spacial score (nSPS) is 12.9. The number of aromatic nitrogens is 5. The molecule has 2 N–H and O–H groups in total. The average molecular weight is 335 g/mol. The summed E-state index contributed by atoms with van der Waals surface area (Å²) in [7, 11) is 0. The molecule has 3 aromatic heterocycles. The molecular formula is C14H17N5OS2. The van der Waals surface area contributed by atoms with E-state index in [2.05, 4.69) is 25.1 Å². The number of fused-ring (bicyclic) bond motifs is 1. The van der Waals surface area contributed by atoms with Gasteiger partial charge in [0.25, 0.3) is 5.56 Å². The summed E-state index contributed by atoms with van der Waals surface area (Å²) < 4.78 is 0. The summed E-state index contributed by atoms with van der Waals surface area (Å²) in [5.41, 5.74) is 0.945. The molecule has 116 valence electrons. The van der Waals surface area contributed by atoms with Gasteiger partial charge in [-0.2, -0.15) is 0 Å². The van der Waals surface area contributed by atoms with Crippen molar-refractivity contribution in [3.05, 3.63) is 32.4 Å². The molecule has 0 aromatic carbocycles. The fourth-order valence-electron chi connectivity index (χ4n) is 2.17. The smallest absolute Gasteiger partial charge is 0.259 e. The summed E-state index contributed by atoms with van der Waals surface area (Å²) in [6.07, 6.45) is 0.816. The highest BCUT2D eigenvalue weighted by Gasteiger charge is 2.17. The summed E-state index contributed by atoms with van der Waals surface area (Å²) >= 11 is 3.04. The minimum atomic E-state index is -0.0708.